The molecule has 1 aromatic carbocycles. The van der Waals surface area contributed by atoms with E-state index >= 15 is 0 Å². The number of carbonyl (C=O) groups is 1. The second-order valence-corrected chi connectivity index (χ2v) is 11.2. The number of alkyl halides is 3. The fourth-order valence-corrected chi connectivity index (χ4v) is 5.04. The van der Waals surface area contributed by atoms with Crippen molar-refractivity contribution in [1.29, 1.82) is 5.26 Å². The van der Waals surface area contributed by atoms with Gasteiger partial charge in [-0.25, -0.2) is 14.0 Å². The first-order valence-corrected chi connectivity index (χ1v) is 13.5. The summed E-state index contributed by atoms with van der Waals surface area (Å²) in [7, 11) is 0. The predicted molar refractivity (Wildman–Crippen MR) is 146 cm³/mol. The van der Waals surface area contributed by atoms with Gasteiger partial charge in [-0.3, -0.25) is 0 Å². The van der Waals surface area contributed by atoms with E-state index in [-0.39, 0.29) is 34.5 Å². The number of amides is 1. The molecule has 10 nitrogen and oxygen atoms in total. The Morgan fingerprint density at radius 3 is 2.45 bits per heavy atom. The van der Waals surface area contributed by atoms with Crippen molar-refractivity contribution in [3.8, 4) is 23.1 Å². The summed E-state index contributed by atoms with van der Waals surface area (Å²) in [4.78, 5) is 14.1. The van der Waals surface area contributed by atoms with E-state index in [9.17, 15) is 23.2 Å². The highest BCUT2D eigenvalue weighted by Gasteiger charge is 2.43. The zero-order valence-corrected chi connectivity index (χ0v) is 23.6. The Kier molecular flexibility index (Phi) is 7.57. The van der Waals surface area contributed by atoms with Crippen LogP contribution in [0.3, 0.4) is 0 Å². The Morgan fingerprint density at radius 2 is 1.83 bits per heavy atom. The average molecular weight is 582 g/mol. The second kappa shape index (κ2) is 11.0. The number of carbonyl (C=O) groups excluding carboxylic acids is 1. The maximum absolute atomic E-state index is 14.2. The van der Waals surface area contributed by atoms with Crippen LogP contribution < -0.4 is 4.74 Å². The minimum Gasteiger partial charge on any atom is -0.474 e. The molecule has 3 aromatic heterocycles. The highest BCUT2D eigenvalue weighted by Crippen LogP contribution is 2.40. The maximum Gasteiger partial charge on any atom is 0.429 e. The number of fused-ring (bicyclic) bond motifs is 1. The number of rotatable bonds is 5. The Morgan fingerprint density at radius 1 is 1.14 bits per heavy atom. The Hall–Kier alpha value is -4.60. The predicted octanol–water partition coefficient (Wildman–Crippen LogP) is 6.03. The molecule has 0 radical (unpaired) electrons. The van der Waals surface area contributed by atoms with Crippen molar-refractivity contribution in [3.63, 3.8) is 0 Å². The van der Waals surface area contributed by atoms with Crippen molar-refractivity contribution in [3.05, 3.63) is 65.6 Å². The summed E-state index contributed by atoms with van der Waals surface area (Å²) in [6.45, 7) is 8.26. The molecule has 42 heavy (non-hydrogen) atoms. The SMILES string of the molecule is Cc1c(-c2cc(O[C@@H](c3ccccc3)C(F)(F)F)c3c(C#N)cnn3c2)nnn1C1CCN(C(=O)OC(C)(C)C)CC1. The first-order chi connectivity index (χ1) is 19.9. The molecule has 1 atom stereocenters. The monoisotopic (exact) mass is 581 g/mol. The van der Waals surface area contributed by atoms with E-state index in [4.69, 9.17) is 9.47 Å². The standard InChI is InChI=1S/C29H30F3N7O3/c1-18-24(35-36-39(18)22-10-12-37(13-11-22)27(40)42-28(2,3)4)20-14-23(25-21(15-33)16-34-38(25)17-20)41-26(29(30,31)32)19-8-6-5-7-9-19/h5-9,14,16-17,22,26H,10-13H2,1-4H3/t26-/m0/s1. The summed E-state index contributed by atoms with van der Waals surface area (Å²) in [5.74, 6) is -0.160. The lowest BCUT2D eigenvalue weighted by atomic mass is 10.0. The number of hydrogen-bond donors (Lipinski definition) is 0. The van der Waals surface area contributed by atoms with Gasteiger partial charge >= 0.3 is 12.3 Å². The molecule has 220 valence electrons. The number of benzene rings is 1. The molecule has 0 bridgehead atoms. The number of pyridine rings is 1. The molecule has 4 aromatic rings. The maximum atomic E-state index is 14.2. The molecule has 0 saturated carbocycles. The van der Waals surface area contributed by atoms with Crippen LogP contribution in [0.2, 0.25) is 0 Å². The number of hydrogen-bond acceptors (Lipinski definition) is 7. The molecular weight excluding hydrogens is 551 g/mol. The van der Waals surface area contributed by atoms with Crippen LogP contribution in [0.4, 0.5) is 18.0 Å². The highest BCUT2D eigenvalue weighted by molar-refractivity contribution is 5.75. The van der Waals surface area contributed by atoms with E-state index in [1.807, 2.05) is 33.8 Å². The number of nitriles is 1. The van der Waals surface area contributed by atoms with Crippen LogP contribution >= 0.6 is 0 Å². The summed E-state index contributed by atoms with van der Waals surface area (Å²) < 4.78 is 56.8. The average Bonchev–Trinajstić information content (AvgIpc) is 3.53. The van der Waals surface area contributed by atoms with E-state index in [2.05, 4.69) is 15.4 Å². The molecular formula is C29H30F3N7O3. The number of halogens is 3. The molecule has 13 heteroatoms. The lowest BCUT2D eigenvalue weighted by Crippen LogP contribution is -2.42. The number of nitrogens with zero attached hydrogens (tertiary/aromatic N) is 7. The van der Waals surface area contributed by atoms with Gasteiger partial charge in [-0.2, -0.15) is 23.5 Å². The van der Waals surface area contributed by atoms with Crippen molar-refractivity contribution < 1.29 is 27.4 Å². The minimum absolute atomic E-state index is 0.0352. The van der Waals surface area contributed by atoms with Gasteiger partial charge in [0.05, 0.1) is 17.9 Å². The van der Waals surface area contributed by atoms with Gasteiger partial charge in [-0.1, -0.05) is 35.5 Å². The van der Waals surface area contributed by atoms with Gasteiger partial charge in [0.2, 0.25) is 6.10 Å². The first-order valence-electron chi connectivity index (χ1n) is 13.5. The van der Waals surface area contributed by atoms with E-state index in [0.29, 0.717) is 42.9 Å². The summed E-state index contributed by atoms with van der Waals surface area (Å²) in [5, 5.41) is 22.5. The van der Waals surface area contributed by atoms with Gasteiger partial charge in [0, 0.05) is 30.4 Å². The van der Waals surface area contributed by atoms with Crippen LogP contribution in [0.25, 0.3) is 16.8 Å². The third-order valence-electron chi connectivity index (χ3n) is 7.00. The molecule has 0 unspecified atom stereocenters. The fourth-order valence-electron chi connectivity index (χ4n) is 5.04. The van der Waals surface area contributed by atoms with Gasteiger partial charge < -0.3 is 14.4 Å². The molecule has 1 amide bonds. The highest BCUT2D eigenvalue weighted by atomic mass is 19.4. The van der Waals surface area contributed by atoms with Crippen molar-refractivity contribution in [2.24, 2.45) is 0 Å². The van der Waals surface area contributed by atoms with Gasteiger partial charge in [0.1, 0.15) is 34.2 Å². The van der Waals surface area contributed by atoms with Crippen molar-refractivity contribution in [1.82, 2.24) is 29.5 Å². The van der Waals surface area contributed by atoms with E-state index in [0.717, 1.165) is 0 Å². The van der Waals surface area contributed by atoms with Gasteiger partial charge in [-0.05, 0) is 46.6 Å². The molecule has 1 saturated heterocycles. The smallest absolute Gasteiger partial charge is 0.429 e. The van der Waals surface area contributed by atoms with Crippen molar-refractivity contribution >= 4 is 11.6 Å². The van der Waals surface area contributed by atoms with Crippen LogP contribution in [0, 0.1) is 18.3 Å². The molecule has 1 aliphatic heterocycles. The Labute approximate surface area is 240 Å². The molecule has 4 heterocycles. The fraction of sp³-hybridized carbons (Fsp3) is 0.414. The zero-order valence-electron chi connectivity index (χ0n) is 23.6. The largest absolute Gasteiger partial charge is 0.474 e. The second-order valence-electron chi connectivity index (χ2n) is 11.2. The van der Waals surface area contributed by atoms with E-state index in [1.54, 1.807) is 21.8 Å². The lowest BCUT2D eigenvalue weighted by molar-refractivity contribution is -0.197. The molecule has 0 N–H and O–H groups in total. The lowest BCUT2D eigenvalue weighted by Gasteiger charge is -2.33. The quantitative estimate of drug-likeness (QED) is 0.283. The van der Waals surface area contributed by atoms with E-state index < -0.39 is 17.9 Å². The normalized spacial score (nSPS) is 15.4. The summed E-state index contributed by atoms with van der Waals surface area (Å²) in [6.07, 6.45) is -3.24. The molecule has 0 spiro atoms. The molecule has 1 fully saturated rings. The molecule has 0 aliphatic carbocycles. The molecule has 1 aliphatic rings. The number of likely N-dealkylation sites (tertiary alicyclic amines) is 1. The van der Waals surface area contributed by atoms with Crippen LogP contribution in [-0.4, -0.2) is 60.5 Å². The summed E-state index contributed by atoms with van der Waals surface area (Å²) in [5.41, 5.74) is 1.08. The number of aromatic nitrogens is 5. The van der Waals surface area contributed by atoms with Crippen LogP contribution in [0.1, 0.15) is 62.6 Å². The van der Waals surface area contributed by atoms with Gasteiger partial charge in [0.25, 0.3) is 0 Å². The third-order valence-corrected chi connectivity index (χ3v) is 7.00. The zero-order chi connectivity index (χ0) is 30.2. The van der Waals surface area contributed by atoms with E-state index in [1.165, 1.54) is 41.0 Å². The Bertz CT molecular complexity index is 1630. The topological polar surface area (TPSA) is 111 Å². The van der Waals surface area contributed by atoms with Crippen molar-refractivity contribution in [2.75, 3.05) is 13.1 Å². The Balaban J connectivity index is 1.46. The van der Waals surface area contributed by atoms with Crippen molar-refractivity contribution in [2.45, 2.75) is 64.5 Å². The molecule has 5 rings (SSSR count). The van der Waals surface area contributed by atoms with Crippen LogP contribution in [0.5, 0.6) is 5.75 Å². The summed E-state index contributed by atoms with van der Waals surface area (Å²) in [6, 6.07) is 10.7. The van der Waals surface area contributed by atoms with Crippen LogP contribution in [0.15, 0.2) is 48.8 Å². The minimum atomic E-state index is -4.73. The van der Waals surface area contributed by atoms with Crippen LogP contribution in [-0.2, 0) is 4.74 Å². The summed E-state index contributed by atoms with van der Waals surface area (Å²) >= 11 is 0. The third kappa shape index (κ3) is 5.88. The van der Waals surface area contributed by atoms with Gasteiger partial charge in [0.15, 0.2) is 0 Å². The van der Waals surface area contributed by atoms with Gasteiger partial charge in [-0.15, -0.1) is 5.10 Å². The number of ether oxygens (including phenoxy) is 2. The first kappa shape index (κ1) is 28.9. The number of piperidine rings is 1.